The lowest BCUT2D eigenvalue weighted by atomic mass is 9.72. The Morgan fingerprint density at radius 1 is 1.32 bits per heavy atom. The van der Waals surface area contributed by atoms with Gasteiger partial charge in [0.2, 0.25) is 0 Å². The Labute approximate surface area is 125 Å². The highest BCUT2D eigenvalue weighted by Gasteiger charge is 2.38. The second kappa shape index (κ2) is 5.93. The summed E-state index contributed by atoms with van der Waals surface area (Å²) in [5, 5.41) is 21.1. The zero-order valence-electron chi connectivity index (χ0n) is 18.4. The van der Waals surface area contributed by atoms with Crippen molar-refractivity contribution in [2.45, 2.75) is 43.6 Å². The van der Waals surface area contributed by atoms with Crippen molar-refractivity contribution >= 4 is 0 Å². The van der Waals surface area contributed by atoms with E-state index in [1.54, 1.807) is 0 Å². The Balaban J connectivity index is 2.92. The van der Waals surface area contributed by atoms with Crippen molar-refractivity contribution in [1.82, 2.24) is 4.90 Å². The fraction of sp³-hybridized carbons (Fsp3) is 0.625. The van der Waals surface area contributed by atoms with Gasteiger partial charge in [0.25, 0.3) is 0 Å². The van der Waals surface area contributed by atoms with Gasteiger partial charge in [-0.05, 0) is 44.6 Å². The Bertz CT molecular complexity index is 675. The standard InChI is InChI=1S/C16H25NO2/c1-17(2)12-15(13-6-8-14(18)9-7-13)16(19)10-4-3-5-11-16/h6-9,15,18-19H,3-5,10-12H2,1-2H3/i6D,7D,8D,9D,12D2,15D. The largest absolute Gasteiger partial charge is 0.508 e. The van der Waals surface area contributed by atoms with E-state index in [2.05, 4.69) is 0 Å². The zero-order chi connectivity index (χ0) is 20.1. The first-order chi connectivity index (χ1) is 11.8. The molecule has 1 aromatic rings. The van der Waals surface area contributed by atoms with Crippen LogP contribution in [0.1, 0.15) is 53.2 Å². The van der Waals surface area contributed by atoms with Gasteiger partial charge in [0.15, 0.2) is 0 Å². The highest BCUT2D eigenvalue weighted by atomic mass is 16.3. The molecule has 3 nitrogen and oxygen atoms in total. The summed E-state index contributed by atoms with van der Waals surface area (Å²) >= 11 is 0. The van der Waals surface area contributed by atoms with Crippen LogP contribution in [0.5, 0.6) is 5.75 Å². The number of rotatable bonds is 4. The van der Waals surface area contributed by atoms with Gasteiger partial charge in [-0.3, -0.25) is 0 Å². The first-order valence-electron chi connectivity index (χ1n) is 10.0. The van der Waals surface area contributed by atoms with E-state index in [1.165, 1.54) is 14.1 Å². The topological polar surface area (TPSA) is 43.7 Å². The molecule has 0 aliphatic heterocycles. The number of phenolic OH excluding ortho intramolecular Hbond substituents is 1. The summed E-state index contributed by atoms with van der Waals surface area (Å²) in [5.41, 5.74) is -2.41. The minimum atomic E-state index is -2.50. The fourth-order valence-corrected chi connectivity index (χ4v) is 2.43. The van der Waals surface area contributed by atoms with Crippen molar-refractivity contribution in [1.29, 1.82) is 0 Å². The minimum absolute atomic E-state index is 0.115. The van der Waals surface area contributed by atoms with Gasteiger partial charge in [-0.1, -0.05) is 31.3 Å². The SMILES string of the molecule is [2H]c1c([2H])c(C([2H])(C2(O)CCCCC2)C([2H])([2H])N(C)C)c([2H])c([2H])c1O. The van der Waals surface area contributed by atoms with E-state index in [0.29, 0.717) is 12.8 Å². The Morgan fingerprint density at radius 3 is 2.42 bits per heavy atom. The van der Waals surface area contributed by atoms with Crippen LogP contribution in [0.25, 0.3) is 0 Å². The molecule has 0 bridgehead atoms. The van der Waals surface area contributed by atoms with Crippen LogP contribution in [0.2, 0.25) is 0 Å². The first-order valence-corrected chi connectivity index (χ1v) is 6.52. The number of nitrogens with zero attached hydrogens (tertiary/aromatic N) is 1. The van der Waals surface area contributed by atoms with Gasteiger partial charge < -0.3 is 15.1 Å². The van der Waals surface area contributed by atoms with Gasteiger partial charge in [-0.2, -0.15) is 0 Å². The molecule has 1 atom stereocenters. The van der Waals surface area contributed by atoms with Crippen LogP contribution in [-0.4, -0.2) is 41.3 Å². The van der Waals surface area contributed by atoms with Gasteiger partial charge in [0.05, 0.1) is 11.1 Å². The van der Waals surface area contributed by atoms with E-state index in [4.69, 9.17) is 9.60 Å². The number of aliphatic hydroxyl groups is 1. The number of benzene rings is 1. The molecule has 2 rings (SSSR count). The van der Waals surface area contributed by atoms with E-state index in [-0.39, 0.29) is 12.8 Å². The van der Waals surface area contributed by atoms with E-state index in [1.807, 2.05) is 0 Å². The van der Waals surface area contributed by atoms with Crippen LogP contribution in [-0.2, 0) is 0 Å². The van der Waals surface area contributed by atoms with Crippen LogP contribution in [0.3, 0.4) is 0 Å². The third-order valence-electron chi connectivity index (χ3n) is 3.34. The molecular formula is C16H25NO2. The maximum atomic E-state index is 11.3. The van der Waals surface area contributed by atoms with E-state index >= 15 is 0 Å². The van der Waals surface area contributed by atoms with Crippen molar-refractivity contribution in [3.63, 3.8) is 0 Å². The molecule has 0 heterocycles. The van der Waals surface area contributed by atoms with E-state index < -0.39 is 53.5 Å². The Morgan fingerprint density at radius 2 is 1.89 bits per heavy atom. The van der Waals surface area contributed by atoms with Crippen molar-refractivity contribution in [2.75, 3.05) is 20.6 Å². The van der Waals surface area contributed by atoms with Crippen molar-refractivity contribution in [2.24, 2.45) is 0 Å². The summed E-state index contributed by atoms with van der Waals surface area (Å²) in [6.45, 7) is -2.50. The summed E-state index contributed by atoms with van der Waals surface area (Å²) in [7, 11) is 2.79. The minimum Gasteiger partial charge on any atom is -0.508 e. The fourth-order valence-electron chi connectivity index (χ4n) is 2.43. The van der Waals surface area contributed by atoms with E-state index in [0.717, 1.165) is 11.3 Å². The summed E-state index contributed by atoms with van der Waals surface area (Å²) in [6.07, 6.45) is 2.20. The van der Waals surface area contributed by atoms with Crippen LogP contribution >= 0.6 is 0 Å². The lowest BCUT2D eigenvalue weighted by molar-refractivity contribution is -0.0277. The number of hydrogen-bond donors (Lipinski definition) is 2. The van der Waals surface area contributed by atoms with Gasteiger partial charge in [0.1, 0.15) is 5.75 Å². The molecule has 19 heavy (non-hydrogen) atoms. The van der Waals surface area contributed by atoms with Crippen molar-refractivity contribution in [3.8, 4) is 5.75 Å². The molecule has 3 heteroatoms. The molecule has 1 aromatic carbocycles. The Hall–Kier alpha value is -1.06. The molecule has 0 spiro atoms. The number of phenols is 1. The molecule has 2 N–H and O–H groups in total. The zero-order valence-corrected chi connectivity index (χ0v) is 11.4. The van der Waals surface area contributed by atoms with Crippen molar-refractivity contribution in [3.05, 3.63) is 29.7 Å². The molecule has 0 radical (unpaired) electrons. The third-order valence-corrected chi connectivity index (χ3v) is 3.34. The molecule has 0 aromatic heterocycles. The highest BCUT2D eigenvalue weighted by molar-refractivity contribution is 5.30. The van der Waals surface area contributed by atoms with Crippen LogP contribution in [0.4, 0.5) is 0 Å². The van der Waals surface area contributed by atoms with Gasteiger partial charge in [0, 0.05) is 16.5 Å². The maximum absolute atomic E-state index is 11.3. The predicted molar refractivity (Wildman–Crippen MR) is 77.4 cm³/mol. The molecule has 1 unspecified atom stereocenters. The second-order valence-electron chi connectivity index (χ2n) is 5.20. The quantitative estimate of drug-likeness (QED) is 0.884. The van der Waals surface area contributed by atoms with Crippen LogP contribution in [0.15, 0.2) is 24.2 Å². The molecular weight excluding hydrogens is 238 g/mol. The average Bonchev–Trinajstić information content (AvgIpc) is 2.58. The van der Waals surface area contributed by atoms with Crippen molar-refractivity contribution < 1.29 is 19.8 Å². The smallest absolute Gasteiger partial charge is 0.115 e. The lowest BCUT2D eigenvalue weighted by Crippen LogP contribution is -2.42. The molecule has 1 fully saturated rings. The molecule has 106 valence electrons. The molecule has 0 amide bonds. The highest BCUT2D eigenvalue weighted by Crippen LogP contribution is 2.40. The van der Waals surface area contributed by atoms with Crippen LogP contribution in [0, 0.1) is 0 Å². The third kappa shape index (κ3) is 3.48. The Kier molecular flexibility index (Phi) is 2.39. The summed E-state index contributed by atoms with van der Waals surface area (Å²) in [6, 6.07) is -2.90. The average molecular weight is 270 g/mol. The second-order valence-corrected chi connectivity index (χ2v) is 5.20. The number of hydrogen-bond acceptors (Lipinski definition) is 3. The molecule has 1 saturated carbocycles. The van der Waals surface area contributed by atoms with Gasteiger partial charge in [-0.15, -0.1) is 0 Å². The van der Waals surface area contributed by atoms with Gasteiger partial charge >= 0.3 is 0 Å². The maximum Gasteiger partial charge on any atom is 0.115 e. The monoisotopic (exact) mass is 270 g/mol. The summed E-state index contributed by atoms with van der Waals surface area (Å²) in [5.74, 6) is -3.34. The van der Waals surface area contributed by atoms with Gasteiger partial charge in [-0.25, -0.2) is 0 Å². The van der Waals surface area contributed by atoms with E-state index in [9.17, 15) is 10.2 Å². The summed E-state index contributed by atoms with van der Waals surface area (Å²) < 4.78 is 58.2. The summed E-state index contributed by atoms with van der Waals surface area (Å²) in [4.78, 5) is 1.10. The normalized spacial score (nSPS) is 28.1. The molecule has 0 saturated heterocycles. The number of likely N-dealkylation sites (N-methyl/N-ethyl adjacent to an activating group) is 1. The molecule has 1 aliphatic rings. The first kappa shape index (κ1) is 7.65. The molecule has 1 aliphatic carbocycles. The predicted octanol–water partition coefficient (Wildman–Crippen LogP) is 2.73. The number of aromatic hydroxyl groups is 1. The lowest BCUT2D eigenvalue weighted by Gasteiger charge is -2.40. The van der Waals surface area contributed by atoms with Crippen LogP contribution < -0.4 is 0 Å².